The fourth-order valence-corrected chi connectivity index (χ4v) is 2.38. The molecule has 1 amide bonds. The molecule has 0 spiro atoms. The monoisotopic (exact) mass is 309 g/mol. The van der Waals surface area contributed by atoms with E-state index in [-0.39, 0.29) is 5.91 Å². The Labute approximate surface area is 137 Å². The number of nitrogens with zero attached hydrogens (tertiary/aromatic N) is 2. The maximum atomic E-state index is 12.0. The summed E-state index contributed by atoms with van der Waals surface area (Å²) < 4.78 is 0. The molecule has 0 saturated carbocycles. The molecule has 0 aliphatic carbocycles. The Morgan fingerprint density at radius 3 is 2.43 bits per heavy atom. The minimum absolute atomic E-state index is 0.204. The molecule has 0 bridgehead atoms. The van der Waals surface area contributed by atoms with E-state index in [0.717, 1.165) is 24.2 Å². The van der Waals surface area contributed by atoms with Crippen molar-refractivity contribution in [2.24, 2.45) is 5.10 Å². The molecule has 0 atom stereocenters. The Balaban J connectivity index is 1.96. The number of carbonyl (C=O) groups excluding carboxylic acids is 1. The zero-order valence-electron chi connectivity index (χ0n) is 13.9. The Morgan fingerprint density at radius 2 is 1.83 bits per heavy atom. The summed E-state index contributed by atoms with van der Waals surface area (Å²) in [4.78, 5) is 14.3. The number of aryl methyl sites for hydroxylation is 1. The summed E-state index contributed by atoms with van der Waals surface area (Å²) in [6.07, 6.45) is 1.65. The van der Waals surface area contributed by atoms with Gasteiger partial charge in [-0.2, -0.15) is 5.10 Å². The lowest BCUT2D eigenvalue weighted by Crippen LogP contribution is -2.21. The summed E-state index contributed by atoms with van der Waals surface area (Å²) in [7, 11) is 0. The molecular formula is C19H23N3O. The van der Waals surface area contributed by atoms with E-state index < -0.39 is 0 Å². The van der Waals surface area contributed by atoms with Crippen molar-refractivity contribution in [3.8, 4) is 0 Å². The highest BCUT2D eigenvalue weighted by Crippen LogP contribution is 2.14. The van der Waals surface area contributed by atoms with E-state index in [1.807, 2.05) is 37.3 Å². The lowest BCUT2D eigenvalue weighted by Gasteiger charge is -2.20. The molecule has 120 valence electrons. The molecule has 23 heavy (non-hydrogen) atoms. The second-order valence-corrected chi connectivity index (χ2v) is 5.33. The van der Waals surface area contributed by atoms with Crippen molar-refractivity contribution < 1.29 is 4.79 Å². The fraction of sp³-hybridized carbons (Fsp3) is 0.263. The third kappa shape index (κ3) is 4.68. The van der Waals surface area contributed by atoms with Gasteiger partial charge in [-0.25, -0.2) is 5.43 Å². The second kappa shape index (κ2) is 8.13. The van der Waals surface area contributed by atoms with Crippen LogP contribution in [0.3, 0.4) is 0 Å². The van der Waals surface area contributed by atoms with Gasteiger partial charge >= 0.3 is 0 Å². The molecule has 0 saturated heterocycles. The molecule has 4 nitrogen and oxygen atoms in total. The fourth-order valence-electron chi connectivity index (χ4n) is 2.38. The SMILES string of the molecule is CCN(CC)c1ccc(C=NNC(=O)c2cccc(C)c2)cc1. The summed E-state index contributed by atoms with van der Waals surface area (Å²) in [5, 5.41) is 4.02. The van der Waals surface area contributed by atoms with Crippen LogP contribution in [-0.2, 0) is 0 Å². The number of anilines is 1. The topological polar surface area (TPSA) is 44.7 Å². The van der Waals surface area contributed by atoms with Crippen LogP contribution in [0.15, 0.2) is 53.6 Å². The van der Waals surface area contributed by atoms with Crippen molar-refractivity contribution in [3.63, 3.8) is 0 Å². The molecule has 0 radical (unpaired) electrons. The summed E-state index contributed by atoms with van der Waals surface area (Å²) >= 11 is 0. The molecule has 2 rings (SSSR count). The van der Waals surface area contributed by atoms with E-state index >= 15 is 0 Å². The number of carbonyl (C=O) groups is 1. The number of hydrogen-bond donors (Lipinski definition) is 1. The number of amides is 1. The Bertz CT molecular complexity index is 673. The number of nitrogens with one attached hydrogen (secondary N) is 1. The first-order chi connectivity index (χ1) is 11.1. The molecule has 0 heterocycles. The molecular weight excluding hydrogens is 286 g/mol. The van der Waals surface area contributed by atoms with Crippen LogP contribution in [0.25, 0.3) is 0 Å². The first-order valence-corrected chi connectivity index (χ1v) is 7.89. The quantitative estimate of drug-likeness (QED) is 0.654. The van der Waals surface area contributed by atoms with Crippen molar-refractivity contribution in [2.75, 3.05) is 18.0 Å². The van der Waals surface area contributed by atoms with Crippen LogP contribution in [0.1, 0.15) is 35.3 Å². The van der Waals surface area contributed by atoms with Crippen LogP contribution >= 0.6 is 0 Å². The van der Waals surface area contributed by atoms with Gasteiger partial charge in [-0.3, -0.25) is 4.79 Å². The standard InChI is InChI=1S/C19H23N3O/c1-4-22(5-2)18-11-9-16(10-12-18)14-20-21-19(23)17-8-6-7-15(3)13-17/h6-14H,4-5H2,1-3H3,(H,21,23). The first-order valence-electron chi connectivity index (χ1n) is 7.89. The summed E-state index contributed by atoms with van der Waals surface area (Å²) in [5.41, 5.74) is 6.35. The highest BCUT2D eigenvalue weighted by atomic mass is 16.2. The van der Waals surface area contributed by atoms with E-state index in [0.29, 0.717) is 5.56 Å². The number of rotatable bonds is 6. The third-order valence-electron chi connectivity index (χ3n) is 3.68. The van der Waals surface area contributed by atoms with Crippen molar-refractivity contribution in [2.45, 2.75) is 20.8 Å². The number of hydrazone groups is 1. The van der Waals surface area contributed by atoms with Crippen molar-refractivity contribution >= 4 is 17.8 Å². The molecule has 1 N–H and O–H groups in total. The van der Waals surface area contributed by atoms with Gasteiger partial charge in [0.05, 0.1) is 6.21 Å². The van der Waals surface area contributed by atoms with Gasteiger partial charge in [-0.15, -0.1) is 0 Å². The second-order valence-electron chi connectivity index (χ2n) is 5.33. The van der Waals surface area contributed by atoms with Crippen molar-refractivity contribution in [1.29, 1.82) is 0 Å². The number of benzene rings is 2. The summed E-state index contributed by atoms with van der Waals surface area (Å²) in [6, 6.07) is 15.6. The maximum absolute atomic E-state index is 12.0. The third-order valence-corrected chi connectivity index (χ3v) is 3.68. The van der Waals surface area contributed by atoms with Gasteiger partial charge in [0.1, 0.15) is 0 Å². The van der Waals surface area contributed by atoms with Crippen LogP contribution < -0.4 is 10.3 Å². The highest BCUT2D eigenvalue weighted by molar-refractivity contribution is 5.95. The largest absolute Gasteiger partial charge is 0.372 e. The molecule has 0 aliphatic rings. The maximum Gasteiger partial charge on any atom is 0.271 e. The molecule has 2 aromatic carbocycles. The summed E-state index contributed by atoms with van der Waals surface area (Å²) in [6.45, 7) is 8.20. The first kappa shape index (κ1) is 16.7. The molecule has 2 aromatic rings. The number of hydrogen-bond acceptors (Lipinski definition) is 3. The molecule has 0 aliphatic heterocycles. The van der Waals surface area contributed by atoms with Gasteiger partial charge in [0.2, 0.25) is 0 Å². The van der Waals surface area contributed by atoms with Crippen molar-refractivity contribution in [1.82, 2.24) is 5.43 Å². The van der Waals surface area contributed by atoms with Crippen LogP contribution in [-0.4, -0.2) is 25.2 Å². The van der Waals surface area contributed by atoms with E-state index in [9.17, 15) is 4.79 Å². The minimum atomic E-state index is -0.204. The smallest absolute Gasteiger partial charge is 0.271 e. The van der Waals surface area contributed by atoms with E-state index in [4.69, 9.17) is 0 Å². The lowest BCUT2D eigenvalue weighted by atomic mass is 10.1. The Kier molecular flexibility index (Phi) is 5.92. The van der Waals surface area contributed by atoms with Crippen LogP contribution in [0.2, 0.25) is 0 Å². The highest BCUT2D eigenvalue weighted by Gasteiger charge is 2.03. The average molecular weight is 309 g/mol. The normalized spacial score (nSPS) is 10.7. The van der Waals surface area contributed by atoms with Gasteiger partial charge < -0.3 is 4.90 Å². The van der Waals surface area contributed by atoms with E-state index in [2.05, 4.69) is 41.4 Å². The Hall–Kier alpha value is -2.62. The predicted molar refractivity (Wildman–Crippen MR) is 96.2 cm³/mol. The molecule has 0 unspecified atom stereocenters. The zero-order chi connectivity index (χ0) is 16.7. The van der Waals surface area contributed by atoms with Crippen molar-refractivity contribution in [3.05, 3.63) is 65.2 Å². The lowest BCUT2D eigenvalue weighted by molar-refractivity contribution is 0.0955. The zero-order valence-corrected chi connectivity index (χ0v) is 13.9. The van der Waals surface area contributed by atoms with Crippen LogP contribution in [0.5, 0.6) is 0 Å². The average Bonchev–Trinajstić information content (AvgIpc) is 2.57. The van der Waals surface area contributed by atoms with E-state index in [1.165, 1.54) is 5.69 Å². The molecule has 4 heteroatoms. The van der Waals surface area contributed by atoms with Crippen LogP contribution in [0, 0.1) is 6.92 Å². The van der Waals surface area contributed by atoms with Gasteiger partial charge in [-0.1, -0.05) is 29.8 Å². The van der Waals surface area contributed by atoms with Gasteiger partial charge in [0.25, 0.3) is 5.91 Å². The molecule has 0 fully saturated rings. The van der Waals surface area contributed by atoms with Gasteiger partial charge in [-0.05, 0) is 50.6 Å². The summed E-state index contributed by atoms with van der Waals surface area (Å²) in [5.74, 6) is -0.204. The predicted octanol–water partition coefficient (Wildman–Crippen LogP) is 3.61. The minimum Gasteiger partial charge on any atom is -0.372 e. The Morgan fingerprint density at radius 1 is 1.13 bits per heavy atom. The van der Waals surface area contributed by atoms with Crippen LogP contribution in [0.4, 0.5) is 5.69 Å². The van der Waals surface area contributed by atoms with Gasteiger partial charge in [0.15, 0.2) is 0 Å². The van der Waals surface area contributed by atoms with E-state index in [1.54, 1.807) is 12.3 Å². The van der Waals surface area contributed by atoms with Gasteiger partial charge in [0, 0.05) is 24.3 Å². The molecule has 0 aromatic heterocycles.